The summed E-state index contributed by atoms with van der Waals surface area (Å²) in [5, 5.41) is 2.65. The van der Waals surface area contributed by atoms with Crippen molar-refractivity contribution in [1.82, 2.24) is 15.1 Å². The van der Waals surface area contributed by atoms with Crippen LogP contribution in [0.1, 0.15) is 16.1 Å². The Kier molecular flexibility index (Phi) is 5.37. The third-order valence-electron chi connectivity index (χ3n) is 5.01. The van der Waals surface area contributed by atoms with Gasteiger partial charge in [0.05, 0.1) is 12.0 Å². The fourth-order valence-corrected chi connectivity index (χ4v) is 3.72. The fourth-order valence-electron chi connectivity index (χ4n) is 3.44. The van der Waals surface area contributed by atoms with Crippen molar-refractivity contribution in [3.8, 4) is 0 Å². The summed E-state index contributed by atoms with van der Waals surface area (Å²) < 4.78 is 5.17. The van der Waals surface area contributed by atoms with E-state index in [-0.39, 0.29) is 16.6 Å². The Bertz CT molecular complexity index is 1040. The predicted molar refractivity (Wildman–Crippen MR) is 114 cm³/mol. The van der Waals surface area contributed by atoms with E-state index in [2.05, 4.69) is 5.32 Å². The van der Waals surface area contributed by atoms with Crippen molar-refractivity contribution in [1.29, 1.82) is 0 Å². The summed E-state index contributed by atoms with van der Waals surface area (Å²) in [6, 6.07) is 10.6. The van der Waals surface area contributed by atoms with Gasteiger partial charge in [0.15, 0.2) is 10.9 Å². The molecule has 2 saturated heterocycles. The number of furan rings is 1. The zero-order valence-corrected chi connectivity index (χ0v) is 17.1. The molecule has 0 bridgehead atoms. The maximum atomic E-state index is 13.1. The van der Waals surface area contributed by atoms with Gasteiger partial charge in [0.1, 0.15) is 5.57 Å². The van der Waals surface area contributed by atoms with Gasteiger partial charge in [0.25, 0.3) is 17.7 Å². The van der Waals surface area contributed by atoms with E-state index >= 15 is 0 Å². The van der Waals surface area contributed by atoms with Gasteiger partial charge in [0.2, 0.25) is 0 Å². The van der Waals surface area contributed by atoms with Crippen molar-refractivity contribution in [3.05, 3.63) is 65.8 Å². The maximum Gasteiger partial charge on any atom is 0.289 e. The Morgan fingerprint density at radius 1 is 1.13 bits per heavy atom. The second-order valence-corrected chi connectivity index (χ2v) is 7.47. The number of nitrogens with one attached hydrogen (secondary N) is 1. The van der Waals surface area contributed by atoms with Crippen molar-refractivity contribution < 1.29 is 18.8 Å². The average Bonchev–Trinajstić information content (AvgIpc) is 3.26. The minimum absolute atomic E-state index is 0.0101. The molecule has 2 aliphatic heterocycles. The first-order valence-electron chi connectivity index (χ1n) is 9.49. The Labute approximate surface area is 178 Å². The van der Waals surface area contributed by atoms with E-state index in [9.17, 15) is 14.4 Å². The van der Waals surface area contributed by atoms with Crippen LogP contribution in [0.2, 0.25) is 0 Å². The van der Waals surface area contributed by atoms with Gasteiger partial charge < -0.3 is 14.2 Å². The lowest BCUT2D eigenvalue weighted by atomic mass is 10.1. The molecule has 4 rings (SSSR count). The van der Waals surface area contributed by atoms with Crippen molar-refractivity contribution >= 4 is 40.7 Å². The van der Waals surface area contributed by atoms with Crippen LogP contribution in [-0.2, 0) is 9.59 Å². The average molecular weight is 424 g/mol. The number of hydrogen-bond acceptors (Lipinski definition) is 6. The number of nitrogens with zero attached hydrogens (tertiary/aromatic N) is 3. The smallest absolute Gasteiger partial charge is 0.289 e. The summed E-state index contributed by atoms with van der Waals surface area (Å²) in [5.41, 5.74) is 1.59. The van der Waals surface area contributed by atoms with Gasteiger partial charge in [-0.05, 0) is 49.0 Å². The minimum atomic E-state index is -0.525. The van der Waals surface area contributed by atoms with Gasteiger partial charge in [-0.2, -0.15) is 0 Å². The number of rotatable bonds is 3. The lowest BCUT2D eigenvalue weighted by molar-refractivity contribution is -0.122. The van der Waals surface area contributed by atoms with Crippen molar-refractivity contribution in [2.45, 2.75) is 6.92 Å². The van der Waals surface area contributed by atoms with Crippen molar-refractivity contribution in [2.75, 3.05) is 31.1 Å². The topological polar surface area (TPSA) is 86.1 Å². The van der Waals surface area contributed by atoms with Crippen LogP contribution >= 0.6 is 12.2 Å². The summed E-state index contributed by atoms with van der Waals surface area (Å²) >= 11 is 5.23. The molecule has 3 amide bonds. The largest absolute Gasteiger partial charge is 0.459 e. The molecule has 3 heterocycles. The molecule has 2 aromatic rings. The molecule has 154 valence electrons. The van der Waals surface area contributed by atoms with E-state index in [0.717, 1.165) is 5.56 Å². The molecule has 0 atom stereocenters. The Hall–Kier alpha value is -3.46. The zero-order valence-electron chi connectivity index (χ0n) is 16.3. The van der Waals surface area contributed by atoms with Crippen LogP contribution in [0.25, 0.3) is 0 Å². The number of benzene rings is 1. The highest BCUT2D eigenvalue weighted by Crippen LogP contribution is 2.22. The summed E-state index contributed by atoms with van der Waals surface area (Å²) in [4.78, 5) is 42.8. The van der Waals surface area contributed by atoms with Gasteiger partial charge in [-0.1, -0.05) is 12.1 Å². The number of thiocarbonyl (C=S) groups is 1. The highest BCUT2D eigenvalue weighted by atomic mass is 32.1. The minimum Gasteiger partial charge on any atom is -0.459 e. The standard InChI is InChI=1S/C21H20N4O4S/c1-14-4-2-5-15(12-14)25-19(27)16(18(26)22-21(25)30)13-23-7-9-24(10-8-23)20(28)17-6-3-11-29-17/h2-6,11-13H,7-10H2,1H3,(H,22,26,30)/b16-13+. The molecule has 30 heavy (non-hydrogen) atoms. The highest BCUT2D eigenvalue weighted by molar-refractivity contribution is 7.80. The number of aryl methyl sites for hydroxylation is 1. The predicted octanol–water partition coefficient (Wildman–Crippen LogP) is 1.68. The van der Waals surface area contributed by atoms with E-state index in [1.807, 2.05) is 30.0 Å². The molecule has 0 spiro atoms. The second kappa shape index (κ2) is 8.11. The number of amides is 3. The van der Waals surface area contributed by atoms with Gasteiger partial charge >= 0.3 is 0 Å². The third-order valence-corrected chi connectivity index (χ3v) is 5.29. The van der Waals surface area contributed by atoms with Crippen LogP contribution in [-0.4, -0.2) is 58.8 Å². The first-order valence-corrected chi connectivity index (χ1v) is 9.90. The number of hydrogen-bond donors (Lipinski definition) is 1. The first-order chi connectivity index (χ1) is 14.4. The van der Waals surface area contributed by atoms with E-state index in [1.165, 1.54) is 11.2 Å². The normalized spacial score (nSPS) is 18.8. The molecule has 1 aromatic heterocycles. The number of anilines is 1. The second-order valence-electron chi connectivity index (χ2n) is 7.09. The summed E-state index contributed by atoms with van der Waals surface area (Å²) in [6.45, 7) is 3.81. The monoisotopic (exact) mass is 424 g/mol. The molecule has 8 nitrogen and oxygen atoms in total. The zero-order chi connectivity index (χ0) is 21.3. The van der Waals surface area contributed by atoms with Gasteiger partial charge in [-0.15, -0.1) is 0 Å². The molecule has 1 N–H and O–H groups in total. The number of piperazine rings is 1. The van der Waals surface area contributed by atoms with Crippen molar-refractivity contribution in [3.63, 3.8) is 0 Å². The van der Waals surface area contributed by atoms with Crippen LogP contribution in [0.3, 0.4) is 0 Å². The van der Waals surface area contributed by atoms with Crippen LogP contribution in [0.5, 0.6) is 0 Å². The van der Waals surface area contributed by atoms with Crippen LogP contribution in [0.4, 0.5) is 5.69 Å². The maximum absolute atomic E-state index is 13.1. The molecule has 1 aromatic carbocycles. The summed E-state index contributed by atoms with van der Waals surface area (Å²) in [7, 11) is 0. The first kappa shape index (κ1) is 19.8. The molecular weight excluding hydrogens is 404 g/mol. The Morgan fingerprint density at radius 2 is 1.90 bits per heavy atom. The van der Waals surface area contributed by atoms with E-state index < -0.39 is 11.8 Å². The Balaban J connectivity index is 1.49. The molecule has 0 unspecified atom stereocenters. The molecule has 2 aliphatic rings. The fraction of sp³-hybridized carbons (Fsp3) is 0.238. The molecule has 9 heteroatoms. The van der Waals surface area contributed by atoms with Crippen molar-refractivity contribution in [2.24, 2.45) is 0 Å². The van der Waals surface area contributed by atoms with E-state index in [0.29, 0.717) is 37.6 Å². The quantitative estimate of drug-likeness (QED) is 0.458. The number of carbonyl (C=O) groups excluding carboxylic acids is 3. The third kappa shape index (κ3) is 3.84. The summed E-state index contributed by atoms with van der Waals surface area (Å²) in [6.07, 6.45) is 3.02. The van der Waals surface area contributed by atoms with Gasteiger partial charge in [-0.3, -0.25) is 24.6 Å². The van der Waals surface area contributed by atoms with E-state index in [4.69, 9.17) is 16.6 Å². The lowest BCUT2D eigenvalue weighted by Gasteiger charge is -2.35. The lowest BCUT2D eigenvalue weighted by Crippen LogP contribution is -2.55. The van der Waals surface area contributed by atoms with Crippen LogP contribution in [0, 0.1) is 6.92 Å². The van der Waals surface area contributed by atoms with Crippen LogP contribution < -0.4 is 10.2 Å². The molecule has 0 aliphatic carbocycles. The number of carbonyl (C=O) groups is 3. The molecule has 2 fully saturated rings. The van der Waals surface area contributed by atoms with E-state index in [1.54, 1.807) is 29.3 Å². The van der Waals surface area contributed by atoms with Crippen LogP contribution in [0.15, 0.2) is 58.9 Å². The van der Waals surface area contributed by atoms with Gasteiger partial charge in [0, 0.05) is 32.4 Å². The molecular formula is C21H20N4O4S. The molecule has 0 saturated carbocycles. The summed E-state index contributed by atoms with van der Waals surface area (Å²) in [5.74, 6) is -0.868. The highest BCUT2D eigenvalue weighted by Gasteiger charge is 2.35. The SMILES string of the molecule is Cc1cccc(N2C(=O)/C(=C/N3CCN(C(=O)c4ccco4)CC3)C(=O)NC2=S)c1. The molecule has 0 radical (unpaired) electrons. The van der Waals surface area contributed by atoms with Gasteiger partial charge in [-0.25, -0.2) is 0 Å². The Morgan fingerprint density at radius 3 is 2.57 bits per heavy atom.